The van der Waals surface area contributed by atoms with Crippen LogP contribution < -0.4 is 5.32 Å². The highest BCUT2D eigenvalue weighted by atomic mass is 16.5. The number of ether oxygens (including phenoxy) is 1. The highest BCUT2D eigenvalue weighted by Gasteiger charge is 1.98. The number of aryl methyl sites for hydroxylation is 1. The third-order valence-electron chi connectivity index (χ3n) is 2.30. The van der Waals surface area contributed by atoms with Crippen molar-refractivity contribution in [1.29, 1.82) is 0 Å². The minimum atomic E-state index is 0.325. The van der Waals surface area contributed by atoms with Gasteiger partial charge in [0.05, 0.1) is 12.7 Å². The summed E-state index contributed by atoms with van der Waals surface area (Å²) in [4.78, 5) is 0. The number of nitrogens with zero attached hydrogens (tertiary/aromatic N) is 1. The van der Waals surface area contributed by atoms with Gasteiger partial charge in [0.2, 0.25) is 0 Å². The Balaban J connectivity index is 2.15. The molecular formula is C12H22N2O. The SMILES string of the molecule is CCn1cccc1CNCCOC(C)C. The van der Waals surface area contributed by atoms with Crippen molar-refractivity contribution in [2.45, 2.75) is 40.0 Å². The largest absolute Gasteiger partial charge is 0.377 e. The van der Waals surface area contributed by atoms with E-state index < -0.39 is 0 Å². The van der Waals surface area contributed by atoms with Crippen LogP contribution in [0.15, 0.2) is 18.3 Å². The van der Waals surface area contributed by atoms with E-state index in [0.29, 0.717) is 6.10 Å². The number of nitrogens with one attached hydrogen (secondary N) is 1. The van der Waals surface area contributed by atoms with Crippen molar-refractivity contribution in [1.82, 2.24) is 9.88 Å². The van der Waals surface area contributed by atoms with E-state index >= 15 is 0 Å². The number of hydrogen-bond acceptors (Lipinski definition) is 2. The Morgan fingerprint density at radius 3 is 2.93 bits per heavy atom. The van der Waals surface area contributed by atoms with E-state index in [1.165, 1.54) is 5.69 Å². The summed E-state index contributed by atoms with van der Waals surface area (Å²) in [6.07, 6.45) is 2.44. The van der Waals surface area contributed by atoms with E-state index in [9.17, 15) is 0 Å². The van der Waals surface area contributed by atoms with Gasteiger partial charge in [-0.25, -0.2) is 0 Å². The van der Waals surface area contributed by atoms with Gasteiger partial charge in [-0.2, -0.15) is 0 Å². The van der Waals surface area contributed by atoms with Crippen LogP contribution in [0.5, 0.6) is 0 Å². The fourth-order valence-corrected chi connectivity index (χ4v) is 1.50. The van der Waals surface area contributed by atoms with Crippen LogP contribution in [0, 0.1) is 0 Å². The van der Waals surface area contributed by atoms with Crippen LogP contribution in [-0.4, -0.2) is 23.8 Å². The van der Waals surface area contributed by atoms with Gasteiger partial charge in [-0.15, -0.1) is 0 Å². The van der Waals surface area contributed by atoms with Crippen LogP contribution in [0.3, 0.4) is 0 Å². The first-order valence-corrected chi connectivity index (χ1v) is 5.70. The monoisotopic (exact) mass is 210 g/mol. The number of rotatable bonds is 7. The van der Waals surface area contributed by atoms with Gasteiger partial charge in [0, 0.05) is 31.5 Å². The molecule has 0 amide bonds. The molecule has 15 heavy (non-hydrogen) atoms. The summed E-state index contributed by atoms with van der Waals surface area (Å²) in [7, 11) is 0. The van der Waals surface area contributed by atoms with Crippen molar-refractivity contribution in [2.75, 3.05) is 13.2 Å². The molecule has 0 atom stereocenters. The van der Waals surface area contributed by atoms with Gasteiger partial charge in [-0.05, 0) is 32.9 Å². The molecule has 0 fully saturated rings. The van der Waals surface area contributed by atoms with E-state index in [2.05, 4.69) is 49.0 Å². The topological polar surface area (TPSA) is 26.2 Å². The molecule has 86 valence electrons. The molecular weight excluding hydrogens is 188 g/mol. The maximum atomic E-state index is 5.45. The van der Waals surface area contributed by atoms with Crippen LogP contribution in [0.1, 0.15) is 26.5 Å². The Bertz CT molecular complexity index is 268. The lowest BCUT2D eigenvalue weighted by Crippen LogP contribution is -2.22. The summed E-state index contributed by atoms with van der Waals surface area (Å²) in [5.41, 5.74) is 1.34. The molecule has 1 aromatic rings. The van der Waals surface area contributed by atoms with Gasteiger partial charge in [0.1, 0.15) is 0 Å². The minimum Gasteiger partial charge on any atom is -0.377 e. The maximum Gasteiger partial charge on any atom is 0.0594 e. The molecule has 0 saturated heterocycles. The second kappa shape index (κ2) is 6.64. The predicted molar refractivity (Wildman–Crippen MR) is 62.9 cm³/mol. The van der Waals surface area contributed by atoms with Crippen molar-refractivity contribution in [3.63, 3.8) is 0 Å². The molecule has 1 heterocycles. The number of hydrogen-bond donors (Lipinski definition) is 1. The molecule has 0 spiro atoms. The molecule has 0 bridgehead atoms. The molecule has 0 aromatic carbocycles. The molecule has 0 radical (unpaired) electrons. The Kier molecular flexibility index (Phi) is 5.43. The third-order valence-corrected chi connectivity index (χ3v) is 2.30. The van der Waals surface area contributed by atoms with Gasteiger partial charge in [0.15, 0.2) is 0 Å². The molecule has 0 aliphatic heterocycles. The second-order valence-corrected chi connectivity index (χ2v) is 3.88. The van der Waals surface area contributed by atoms with E-state index in [4.69, 9.17) is 4.74 Å². The third kappa shape index (κ3) is 4.49. The summed E-state index contributed by atoms with van der Waals surface area (Å²) in [6.45, 7) is 9.92. The molecule has 0 unspecified atom stereocenters. The Morgan fingerprint density at radius 1 is 1.47 bits per heavy atom. The van der Waals surface area contributed by atoms with Crippen molar-refractivity contribution in [3.8, 4) is 0 Å². The zero-order valence-corrected chi connectivity index (χ0v) is 9.99. The fourth-order valence-electron chi connectivity index (χ4n) is 1.50. The average Bonchev–Trinajstić information content (AvgIpc) is 2.64. The molecule has 1 N–H and O–H groups in total. The van der Waals surface area contributed by atoms with Crippen molar-refractivity contribution in [2.24, 2.45) is 0 Å². The first-order valence-electron chi connectivity index (χ1n) is 5.70. The summed E-state index contributed by atoms with van der Waals surface area (Å²) >= 11 is 0. The van der Waals surface area contributed by atoms with Gasteiger partial charge < -0.3 is 14.6 Å². The first kappa shape index (κ1) is 12.3. The molecule has 1 aromatic heterocycles. The zero-order chi connectivity index (χ0) is 11.1. The normalized spacial score (nSPS) is 11.2. The van der Waals surface area contributed by atoms with Gasteiger partial charge in [-0.1, -0.05) is 0 Å². The van der Waals surface area contributed by atoms with Crippen LogP contribution in [0.2, 0.25) is 0 Å². The summed E-state index contributed by atoms with van der Waals surface area (Å²) < 4.78 is 7.69. The lowest BCUT2D eigenvalue weighted by Gasteiger charge is -2.10. The van der Waals surface area contributed by atoms with Crippen molar-refractivity contribution < 1.29 is 4.74 Å². The maximum absolute atomic E-state index is 5.45. The quantitative estimate of drug-likeness (QED) is 0.697. The lowest BCUT2D eigenvalue weighted by molar-refractivity contribution is 0.0806. The van der Waals surface area contributed by atoms with Crippen LogP contribution in [0.25, 0.3) is 0 Å². The van der Waals surface area contributed by atoms with Crippen LogP contribution >= 0.6 is 0 Å². The lowest BCUT2D eigenvalue weighted by atomic mass is 10.4. The smallest absolute Gasteiger partial charge is 0.0594 e. The highest BCUT2D eigenvalue weighted by Crippen LogP contribution is 2.01. The average molecular weight is 210 g/mol. The first-order chi connectivity index (χ1) is 7.24. The van der Waals surface area contributed by atoms with Gasteiger partial charge in [0.25, 0.3) is 0 Å². The zero-order valence-electron chi connectivity index (χ0n) is 9.99. The van der Waals surface area contributed by atoms with Crippen molar-refractivity contribution >= 4 is 0 Å². The predicted octanol–water partition coefficient (Wildman–Crippen LogP) is 2.02. The van der Waals surface area contributed by atoms with E-state index in [1.807, 2.05) is 0 Å². The van der Waals surface area contributed by atoms with Crippen LogP contribution in [0.4, 0.5) is 0 Å². The fraction of sp³-hybridized carbons (Fsp3) is 0.667. The molecule has 0 saturated carbocycles. The summed E-state index contributed by atoms with van der Waals surface area (Å²) in [6, 6.07) is 4.24. The summed E-state index contributed by atoms with van der Waals surface area (Å²) in [5.74, 6) is 0. The Morgan fingerprint density at radius 2 is 2.27 bits per heavy atom. The Hall–Kier alpha value is -0.800. The second-order valence-electron chi connectivity index (χ2n) is 3.88. The molecule has 3 nitrogen and oxygen atoms in total. The minimum absolute atomic E-state index is 0.325. The van der Waals surface area contributed by atoms with E-state index in [-0.39, 0.29) is 0 Å². The van der Waals surface area contributed by atoms with Gasteiger partial charge >= 0.3 is 0 Å². The van der Waals surface area contributed by atoms with Crippen molar-refractivity contribution in [3.05, 3.63) is 24.0 Å². The molecule has 0 aliphatic rings. The van der Waals surface area contributed by atoms with E-state index in [0.717, 1.165) is 26.2 Å². The molecule has 1 rings (SSSR count). The van der Waals surface area contributed by atoms with Gasteiger partial charge in [-0.3, -0.25) is 0 Å². The molecule has 3 heteroatoms. The van der Waals surface area contributed by atoms with E-state index in [1.54, 1.807) is 0 Å². The number of aromatic nitrogens is 1. The molecule has 0 aliphatic carbocycles. The Labute approximate surface area is 92.4 Å². The summed E-state index contributed by atoms with van der Waals surface area (Å²) in [5, 5.41) is 3.37. The van der Waals surface area contributed by atoms with Crippen LogP contribution in [-0.2, 0) is 17.8 Å². The highest BCUT2D eigenvalue weighted by molar-refractivity contribution is 5.06. The standard InChI is InChI=1S/C12H22N2O/c1-4-14-8-5-6-12(14)10-13-7-9-15-11(2)3/h5-6,8,11,13H,4,7,9-10H2,1-3H3.